The number of nitrogens with one attached hydrogen (secondary N) is 2. The van der Waals surface area contributed by atoms with E-state index in [2.05, 4.69) is 15.3 Å². The Bertz CT molecular complexity index is 1170. The SMILES string of the molecule is CCC(C(=O)NCc1ccc(-c2ncc(-c3cccc(OC)c3)[nH]2)cc1)c1ccccc1. The predicted molar refractivity (Wildman–Crippen MR) is 127 cm³/mol. The van der Waals surface area contributed by atoms with E-state index in [1.807, 2.05) is 92.0 Å². The quantitative estimate of drug-likeness (QED) is 0.388. The average Bonchev–Trinajstić information content (AvgIpc) is 3.35. The summed E-state index contributed by atoms with van der Waals surface area (Å²) in [6, 6.07) is 25.9. The van der Waals surface area contributed by atoms with Gasteiger partial charge in [0, 0.05) is 17.7 Å². The zero-order valence-corrected chi connectivity index (χ0v) is 18.3. The second-order valence-corrected chi connectivity index (χ2v) is 7.66. The van der Waals surface area contributed by atoms with Gasteiger partial charge in [0.1, 0.15) is 11.6 Å². The molecule has 0 aliphatic rings. The maximum absolute atomic E-state index is 12.7. The molecule has 5 nitrogen and oxygen atoms in total. The second-order valence-electron chi connectivity index (χ2n) is 7.66. The van der Waals surface area contributed by atoms with Crippen molar-refractivity contribution in [1.29, 1.82) is 0 Å². The van der Waals surface area contributed by atoms with Crippen molar-refractivity contribution in [2.45, 2.75) is 25.8 Å². The van der Waals surface area contributed by atoms with Gasteiger partial charge in [-0.05, 0) is 29.7 Å². The minimum absolute atomic E-state index is 0.0525. The van der Waals surface area contributed by atoms with E-state index in [0.717, 1.165) is 45.9 Å². The van der Waals surface area contributed by atoms with Gasteiger partial charge in [0.05, 0.1) is 24.9 Å². The number of amides is 1. The van der Waals surface area contributed by atoms with Gasteiger partial charge in [0.2, 0.25) is 5.91 Å². The number of H-pyrrole nitrogens is 1. The maximum atomic E-state index is 12.7. The number of aromatic amines is 1. The molecule has 0 fully saturated rings. The second kappa shape index (κ2) is 9.96. The molecule has 3 aromatic carbocycles. The van der Waals surface area contributed by atoms with E-state index >= 15 is 0 Å². The number of methoxy groups -OCH3 is 1. The van der Waals surface area contributed by atoms with Crippen LogP contribution in [0.1, 0.15) is 30.4 Å². The number of aromatic nitrogens is 2. The molecule has 0 aliphatic heterocycles. The van der Waals surface area contributed by atoms with E-state index in [4.69, 9.17) is 4.74 Å². The standard InChI is InChI=1S/C27H27N3O2/c1-3-24(20-8-5-4-6-9-20)27(31)29-17-19-12-14-21(15-13-19)26-28-18-25(30-26)22-10-7-11-23(16-22)32-2/h4-16,18,24H,3,17H2,1-2H3,(H,28,30)(H,29,31). The molecule has 4 aromatic rings. The Morgan fingerprint density at radius 2 is 1.78 bits per heavy atom. The summed E-state index contributed by atoms with van der Waals surface area (Å²) in [6.07, 6.45) is 2.59. The van der Waals surface area contributed by atoms with Crippen molar-refractivity contribution in [1.82, 2.24) is 15.3 Å². The molecule has 0 aliphatic carbocycles. The average molecular weight is 426 g/mol. The Labute approximate surface area is 188 Å². The third-order valence-electron chi connectivity index (χ3n) is 5.58. The Balaban J connectivity index is 1.40. The molecule has 1 unspecified atom stereocenters. The van der Waals surface area contributed by atoms with E-state index in [-0.39, 0.29) is 11.8 Å². The van der Waals surface area contributed by atoms with Gasteiger partial charge in [-0.2, -0.15) is 0 Å². The highest BCUT2D eigenvalue weighted by Gasteiger charge is 2.18. The third kappa shape index (κ3) is 4.89. The largest absolute Gasteiger partial charge is 0.497 e. The van der Waals surface area contributed by atoms with Crippen molar-refractivity contribution in [3.8, 4) is 28.4 Å². The first-order valence-electron chi connectivity index (χ1n) is 10.8. The fourth-order valence-corrected chi connectivity index (χ4v) is 3.76. The summed E-state index contributed by atoms with van der Waals surface area (Å²) in [5.74, 6) is 1.53. The van der Waals surface area contributed by atoms with Crippen molar-refractivity contribution in [3.05, 3.63) is 96.2 Å². The first-order valence-corrected chi connectivity index (χ1v) is 10.8. The van der Waals surface area contributed by atoms with Crippen LogP contribution in [0.4, 0.5) is 0 Å². The van der Waals surface area contributed by atoms with Crippen LogP contribution >= 0.6 is 0 Å². The van der Waals surface area contributed by atoms with Gasteiger partial charge in [-0.3, -0.25) is 4.79 Å². The highest BCUT2D eigenvalue weighted by molar-refractivity contribution is 5.83. The zero-order chi connectivity index (χ0) is 22.3. The monoisotopic (exact) mass is 425 g/mol. The Hall–Kier alpha value is -3.86. The summed E-state index contributed by atoms with van der Waals surface area (Å²) < 4.78 is 5.30. The van der Waals surface area contributed by atoms with Crippen molar-refractivity contribution in [2.75, 3.05) is 7.11 Å². The molecule has 0 radical (unpaired) electrons. The molecular weight excluding hydrogens is 398 g/mol. The molecule has 1 atom stereocenters. The molecule has 0 spiro atoms. The summed E-state index contributed by atoms with van der Waals surface area (Å²) in [5.41, 5.74) is 5.04. The minimum Gasteiger partial charge on any atom is -0.497 e. The third-order valence-corrected chi connectivity index (χ3v) is 5.58. The van der Waals surface area contributed by atoms with Gasteiger partial charge < -0.3 is 15.0 Å². The molecule has 5 heteroatoms. The van der Waals surface area contributed by atoms with Crippen molar-refractivity contribution in [3.63, 3.8) is 0 Å². The van der Waals surface area contributed by atoms with Gasteiger partial charge in [0.15, 0.2) is 0 Å². The lowest BCUT2D eigenvalue weighted by atomic mass is 9.95. The number of hydrogen-bond acceptors (Lipinski definition) is 3. The van der Waals surface area contributed by atoms with Crippen LogP contribution in [0.2, 0.25) is 0 Å². The van der Waals surface area contributed by atoms with E-state index in [9.17, 15) is 4.79 Å². The smallest absolute Gasteiger partial charge is 0.227 e. The molecule has 2 N–H and O–H groups in total. The number of imidazole rings is 1. The summed E-state index contributed by atoms with van der Waals surface area (Å²) >= 11 is 0. The lowest BCUT2D eigenvalue weighted by Crippen LogP contribution is -2.28. The van der Waals surface area contributed by atoms with Crippen LogP contribution < -0.4 is 10.1 Å². The molecule has 0 saturated carbocycles. The molecule has 0 saturated heterocycles. The summed E-state index contributed by atoms with van der Waals surface area (Å²) in [7, 11) is 1.66. The van der Waals surface area contributed by atoms with Crippen LogP contribution in [0.15, 0.2) is 85.1 Å². The first kappa shape index (κ1) is 21.4. The van der Waals surface area contributed by atoms with Crippen LogP contribution in [-0.2, 0) is 11.3 Å². The van der Waals surface area contributed by atoms with E-state index < -0.39 is 0 Å². The Morgan fingerprint density at radius 3 is 2.50 bits per heavy atom. The Morgan fingerprint density at radius 1 is 1.00 bits per heavy atom. The number of carbonyl (C=O) groups is 1. The fourth-order valence-electron chi connectivity index (χ4n) is 3.76. The number of ether oxygens (including phenoxy) is 1. The van der Waals surface area contributed by atoms with E-state index in [1.54, 1.807) is 7.11 Å². The highest BCUT2D eigenvalue weighted by Crippen LogP contribution is 2.25. The molecule has 1 heterocycles. The maximum Gasteiger partial charge on any atom is 0.227 e. The molecule has 4 rings (SSSR count). The minimum atomic E-state index is -0.131. The number of benzene rings is 3. The molecule has 1 aromatic heterocycles. The van der Waals surface area contributed by atoms with Gasteiger partial charge in [-0.15, -0.1) is 0 Å². The highest BCUT2D eigenvalue weighted by atomic mass is 16.5. The summed E-state index contributed by atoms with van der Waals surface area (Å²) in [4.78, 5) is 20.6. The molecular formula is C27H27N3O2. The molecule has 162 valence electrons. The fraction of sp³-hybridized carbons (Fsp3) is 0.185. The lowest BCUT2D eigenvalue weighted by molar-refractivity contribution is -0.122. The van der Waals surface area contributed by atoms with Gasteiger partial charge in [0.25, 0.3) is 0 Å². The van der Waals surface area contributed by atoms with Crippen LogP contribution in [0, 0.1) is 0 Å². The molecule has 32 heavy (non-hydrogen) atoms. The van der Waals surface area contributed by atoms with Crippen molar-refractivity contribution < 1.29 is 9.53 Å². The van der Waals surface area contributed by atoms with E-state index in [1.165, 1.54) is 0 Å². The predicted octanol–water partition coefficient (Wildman–Crippen LogP) is 5.56. The number of nitrogens with zero attached hydrogens (tertiary/aromatic N) is 1. The first-order chi connectivity index (χ1) is 15.7. The summed E-state index contributed by atoms with van der Waals surface area (Å²) in [6.45, 7) is 2.53. The normalized spacial score (nSPS) is 11.7. The zero-order valence-electron chi connectivity index (χ0n) is 18.3. The lowest BCUT2D eigenvalue weighted by Gasteiger charge is -2.15. The van der Waals surface area contributed by atoms with E-state index in [0.29, 0.717) is 6.54 Å². The molecule has 1 amide bonds. The number of hydrogen-bond donors (Lipinski definition) is 2. The summed E-state index contributed by atoms with van der Waals surface area (Å²) in [5, 5.41) is 3.07. The van der Waals surface area contributed by atoms with Gasteiger partial charge >= 0.3 is 0 Å². The van der Waals surface area contributed by atoms with Crippen LogP contribution in [0.5, 0.6) is 5.75 Å². The molecule has 0 bridgehead atoms. The van der Waals surface area contributed by atoms with Crippen LogP contribution in [0.3, 0.4) is 0 Å². The van der Waals surface area contributed by atoms with Gasteiger partial charge in [-0.1, -0.05) is 73.7 Å². The van der Waals surface area contributed by atoms with Crippen molar-refractivity contribution in [2.24, 2.45) is 0 Å². The number of rotatable bonds is 8. The Kier molecular flexibility index (Phi) is 6.66. The van der Waals surface area contributed by atoms with Crippen LogP contribution in [0.25, 0.3) is 22.6 Å². The van der Waals surface area contributed by atoms with Crippen LogP contribution in [-0.4, -0.2) is 23.0 Å². The topological polar surface area (TPSA) is 67.0 Å². The number of carbonyl (C=O) groups excluding carboxylic acids is 1. The van der Waals surface area contributed by atoms with Gasteiger partial charge in [-0.25, -0.2) is 4.98 Å². The van der Waals surface area contributed by atoms with Crippen molar-refractivity contribution >= 4 is 5.91 Å².